The van der Waals surface area contributed by atoms with Crippen LogP contribution in [0, 0.1) is 34.5 Å². The topological polar surface area (TPSA) is 43.4 Å². The molecule has 0 spiro atoms. The molecule has 3 nitrogen and oxygen atoms in total. The Hall–Kier alpha value is -1.12. The maximum absolute atomic E-state index is 12.1. The van der Waals surface area contributed by atoms with E-state index >= 15 is 0 Å². The number of esters is 1. The van der Waals surface area contributed by atoms with E-state index in [4.69, 9.17) is 4.74 Å². The number of unbranched alkanes of at least 4 members (excludes halogenated alkanes) is 1. The van der Waals surface area contributed by atoms with Crippen molar-refractivity contribution < 1.29 is 14.3 Å². The lowest BCUT2D eigenvalue weighted by Gasteiger charge is -2.58. The first kappa shape index (κ1) is 23.5. The summed E-state index contributed by atoms with van der Waals surface area (Å²) in [5.74, 6) is 3.34. The third-order valence-corrected chi connectivity index (χ3v) is 9.53. The third-order valence-electron chi connectivity index (χ3n) is 9.53. The van der Waals surface area contributed by atoms with E-state index < -0.39 is 0 Å². The van der Waals surface area contributed by atoms with Gasteiger partial charge in [-0.05, 0) is 85.9 Å². The molecule has 3 fully saturated rings. The molecule has 0 bridgehead atoms. The van der Waals surface area contributed by atoms with E-state index in [2.05, 4.69) is 26.8 Å². The normalized spacial score (nSPS) is 41.9. The van der Waals surface area contributed by atoms with Gasteiger partial charge in [0.05, 0.1) is 0 Å². The third kappa shape index (κ3) is 4.15. The van der Waals surface area contributed by atoms with Gasteiger partial charge in [0.1, 0.15) is 12.4 Å². The van der Waals surface area contributed by atoms with Crippen molar-refractivity contribution in [2.75, 3.05) is 0 Å². The van der Waals surface area contributed by atoms with E-state index in [0.29, 0.717) is 30.1 Å². The Balaban J connectivity index is 0.00000124. The molecule has 4 aliphatic carbocycles. The van der Waals surface area contributed by atoms with E-state index in [1.165, 1.54) is 32.1 Å². The van der Waals surface area contributed by atoms with Crippen molar-refractivity contribution in [2.24, 2.45) is 34.5 Å². The summed E-state index contributed by atoms with van der Waals surface area (Å²) in [6.45, 7) is 11.6. The molecule has 0 radical (unpaired) electrons. The highest BCUT2D eigenvalue weighted by Crippen LogP contribution is 2.66. The lowest BCUT2D eigenvalue weighted by molar-refractivity contribution is -0.151. The van der Waals surface area contributed by atoms with Gasteiger partial charge in [-0.15, -0.1) is 0 Å². The summed E-state index contributed by atoms with van der Waals surface area (Å²) in [7, 11) is 0. The van der Waals surface area contributed by atoms with E-state index in [1.54, 1.807) is 5.57 Å². The molecule has 7 atom stereocenters. The minimum atomic E-state index is -0.127. The van der Waals surface area contributed by atoms with Gasteiger partial charge in [-0.2, -0.15) is 0 Å². The van der Waals surface area contributed by atoms with Crippen LogP contribution in [-0.4, -0.2) is 18.4 Å². The van der Waals surface area contributed by atoms with Gasteiger partial charge in [0.2, 0.25) is 0 Å². The Kier molecular flexibility index (Phi) is 7.51. The fraction of sp³-hybridized carbons (Fsp3) is 0.852. The van der Waals surface area contributed by atoms with E-state index in [1.807, 2.05) is 13.8 Å². The number of rotatable bonds is 5. The van der Waals surface area contributed by atoms with Gasteiger partial charge in [-0.3, -0.25) is 4.79 Å². The van der Waals surface area contributed by atoms with Crippen molar-refractivity contribution in [3.05, 3.63) is 11.6 Å². The molecular weight excluding hydrogens is 372 g/mol. The first-order chi connectivity index (χ1) is 14.4. The molecule has 3 heteroatoms. The molecule has 170 valence electrons. The summed E-state index contributed by atoms with van der Waals surface area (Å²) in [5, 5.41) is 0. The fourth-order valence-corrected chi connectivity index (χ4v) is 7.57. The van der Waals surface area contributed by atoms with Crippen molar-refractivity contribution in [3.8, 4) is 0 Å². The second-order valence-corrected chi connectivity index (χ2v) is 10.7. The number of hydrogen-bond acceptors (Lipinski definition) is 3. The highest BCUT2D eigenvalue weighted by Gasteiger charge is 2.57. The Morgan fingerprint density at radius 2 is 1.90 bits per heavy atom. The minimum absolute atomic E-state index is 0.0416. The van der Waals surface area contributed by atoms with E-state index in [0.717, 1.165) is 49.2 Å². The zero-order chi connectivity index (χ0) is 21.9. The summed E-state index contributed by atoms with van der Waals surface area (Å²) >= 11 is 0. The number of fused-ring (bicyclic) bond motifs is 5. The first-order valence-corrected chi connectivity index (χ1v) is 12.7. The molecule has 0 aliphatic heterocycles. The highest BCUT2D eigenvalue weighted by atomic mass is 16.5. The van der Waals surface area contributed by atoms with Crippen LogP contribution in [0.4, 0.5) is 0 Å². The Morgan fingerprint density at radius 1 is 1.13 bits per heavy atom. The SMILES string of the molecule is CC.C[C@H]1CCC2[C@@H]3CC=C4C[C@@H](OC(=O)CCCC=O)CC[C@]4(C)C3CC[C@@]21C. The van der Waals surface area contributed by atoms with Crippen LogP contribution in [0.25, 0.3) is 0 Å². The lowest BCUT2D eigenvalue weighted by atomic mass is 9.47. The summed E-state index contributed by atoms with van der Waals surface area (Å²) < 4.78 is 5.77. The summed E-state index contributed by atoms with van der Waals surface area (Å²) in [4.78, 5) is 22.5. The molecule has 0 aromatic carbocycles. The van der Waals surface area contributed by atoms with Gasteiger partial charge in [0.25, 0.3) is 0 Å². The van der Waals surface area contributed by atoms with Gasteiger partial charge in [-0.1, -0.05) is 46.3 Å². The highest BCUT2D eigenvalue weighted by molar-refractivity contribution is 5.70. The maximum atomic E-state index is 12.1. The molecular formula is C27H44O3. The van der Waals surface area contributed by atoms with Gasteiger partial charge in [0, 0.05) is 19.3 Å². The monoisotopic (exact) mass is 416 g/mol. The van der Waals surface area contributed by atoms with Crippen molar-refractivity contribution >= 4 is 12.3 Å². The Labute approximate surface area is 184 Å². The van der Waals surface area contributed by atoms with Crippen molar-refractivity contribution in [2.45, 2.75) is 111 Å². The summed E-state index contributed by atoms with van der Waals surface area (Å²) in [6.07, 6.45) is 14.8. The standard InChI is InChI=1S/C25H38O3.C2H6/c1-17-7-10-21-20-9-8-18-16-19(28-23(27)6-4-5-15-26)11-13-25(18,3)22(20)12-14-24(17,21)2;1-2/h8,15,17,19-22H,4-7,9-14,16H2,1-3H3;1-2H3/t17-,19-,20-,21?,22?,24+,25-;/m0./s1. The van der Waals surface area contributed by atoms with Gasteiger partial charge < -0.3 is 9.53 Å². The molecule has 4 rings (SSSR count). The fourth-order valence-electron chi connectivity index (χ4n) is 7.57. The Morgan fingerprint density at radius 3 is 2.63 bits per heavy atom. The van der Waals surface area contributed by atoms with Crippen molar-refractivity contribution in [3.63, 3.8) is 0 Å². The van der Waals surface area contributed by atoms with E-state index in [9.17, 15) is 9.59 Å². The zero-order valence-electron chi connectivity index (χ0n) is 20.0. The van der Waals surface area contributed by atoms with E-state index in [-0.39, 0.29) is 12.1 Å². The summed E-state index contributed by atoms with van der Waals surface area (Å²) in [5.41, 5.74) is 2.45. The summed E-state index contributed by atoms with van der Waals surface area (Å²) in [6, 6.07) is 0. The first-order valence-electron chi connectivity index (χ1n) is 12.7. The van der Waals surface area contributed by atoms with Crippen LogP contribution >= 0.6 is 0 Å². The second-order valence-electron chi connectivity index (χ2n) is 10.7. The predicted octanol–water partition coefficient (Wildman–Crippen LogP) is 6.89. The quantitative estimate of drug-likeness (QED) is 0.212. The zero-order valence-corrected chi connectivity index (χ0v) is 20.0. The molecule has 30 heavy (non-hydrogen) atoms. The molecule has 0 saturated heterocycles. The van der Waals surface area contributed by atoms with Crippen LogP contribution in [0.5, 0.6) is 0 Å². The second kappa shape index (κ2) is 9.57. The number of carbonyl (C=O) groups excluding carboxylic acids is 2. The molecule has 2 unspecified atom stereocenters. The molecule has 4 aliphatic rings. The maximum Gasteiger partial charge on any atom is 0.306 e. The number of hydrogen-bond donors (Lipinski definition) is 0. The van der Waals surface area contributed by atoms with Crippen LogP contribution in [0.2, 0.25) is 0 Å². The van der Waals surface area contributed by atoms with Crippen LogP contribution in [0.3, 0.4) is 0 Å². The molecule has 0 amide bonds. The largest absolute Gasteiger partial charge is 0.462 e. The van der Waals surface area contributed by atoms with Gasteiger partial charge in [-0.25, -0.2) is 0 Å². The van der Waals surface area contributed by atoms with Crippen molar-refractivity contribution in [1.29, 1.82) is 0 Å². The average molecular weight is 417 g/mol. The lowest BCUT2D eigenvalue weighted by Crippen LogP contribution is -2.50. The molecule has 0 heterocycles. The smallest absolute Gasteiger partial charge is 0.306 e. The number of allylic oxidation sites excluding steroid dienone is 1. The average Bonchev–Trinajstić information content (AvgIpc) is 3.05. The Bertz CT molecular complexity index is 652. The van der Waals surface area contributed by atoms with Crippen LogP contribution < -0.4 is 0 Å². The minimum Gasteiger partial charge on any atom is -0.462 e. The van der Waals surface area contributed by atoms with Gasteiger partial charge >= 0.3 is 5.97 Å². The molecule has 0 aromatic heterocycles. The number of aldehydes is 1. The van der Waals surface area contributed by atoms with Crippen molar-refractivity contribution in [1.82, 2.24) is 0 Å². The van der Waals surface area contributed by atoms with Crippen LogP contribution in [0.15, 0.2) is 11.6 Å². The number of ether oxygens (including phenoxy) is 1. The molecule has 3 saturated carbocycles. The predicted molar refractivity (Wildman–Crippen MR) is 122 cm³/mol. The molecule has 0 aromatic rings. The number of carbonyl (C=O) groups is 2. The van der Waals surface area contributed by atoms with Crippen LogP contribution in [0.1, 0.15) is 105 Å². The van der Waals surface area contributed by atoms with Crippen LogP contribution in [-0.2, 0) is 14.3 Å². The van der Waals surface area contributed by atoms with Gasteiger partial charge in [0.15, 0.2) is 0 Å². The molecule has 0 N–H and O–H groups in total.